The van der Waals surface area contributed by atoms with E-state index in [-0.39, 0.29) is 5.91 Å². The van der Waals surface area contributed by atoms with Crippen LogP contribution >= 0.6 is 0 Å². The first-order valence-electron chi connectivity index (χ1n) is 8.31. The molecule has 0 aliphatic heterocycles. The molecule has 0 spiro atoms. The molecule has 2 N–H and O–H groups in total. The highest BCUT2D eigenvalue weighted by molar-refractivity contribution is 6.08. The van der Waals surface area contributed by atoms with Crippen molar-refractivity contribution < 1.29 is 4.79 Å². The van der Waals surface area contributed by atoms with E-state index in [9.17, 15) is 4.79 Å². The van der Waals surface area contributed by atoms with Gasteiger partial charge in [0.15, 0.2) is 0 Å². The SMILES string of the molecule is CC(=O)NCc1cccc(-c2cc3c(cc2C)[nH]c2cnccc23)c1. The zero-order valence-corrected chi connectivity index (χ0v) is 14.3. The molecule has 0 unspecified atom stereocenters. The lowest BCUT2D eigenvalue weighted by atomic mass is 9.96. The van der Waals surface area contributed by atoms with Crippen LogP contribution in [0.4, 0.5) is 0 Å². The third-order valence-electron chi connectivity index (χ3n) is 4.52. The van der Waals surface area contributed by atoms with Crippen LogP contribution in [0.25, 0.3) is 32.9 Å². The highest BCUT2D eigenvalue weighted by Crippen LogP contribution is 2.32. The minimum Gasteiger partial charge on any atom is -0.353 e. The number of benzene rings is 2. The van der Waals surface area contributed by atoms with Crippen LogP contribution < -0.4 is 5.32 Å². The number of rotatable bonds is 3. The fourth-order valence-electron chi connectivity index (χ4n) is 3.29. The van der Waals surface area contributed by atoms with Crippen LogP contribution in [-0.2, 0) is 11.3 Å². The fourth-order valence-corrected chi connectivity index (χ4v) is 3.29. The summed E-state index contributed by atoms with van der Waals surface area (Å²) in [6, 6.07) is 14.8. The van der Waals surface area contributed by atoms with Gasteiger partial charge >= 0.3 is 0 Å². The van der Waals surface area contributed by atoms with Crippen molar-refractivity contribution in [2.75, 3.05) is 0 Å². The number of H-pyrrole nitrogens is 1. The molecular weight excluding hydrogens is 310 g/mol. The molecule has 0 saturated carbocycles. The van der Waals surface area contributed by atoms with Crippen molar-refractivity contribution in [3.63, 3.8) is 0 Å². The number of aryl methyl sites for hydroxylation is 1. The highest BCUT2D eigenvalue weighted by atomic mass is 16.1. The number of pyridine rings is 1. The van der Waals surface area contributed by atoms with E-state index >= 15 is 0 Å². The van der Waals surface area contributed by atoms with Crippen LogP contribution in [0.2, 0.25) is 0 Å². The number of nitrogens with zero attached hydrogens (tertiary/aromatic N) is 1. The van der Waals surface area contributed by atoms with E-state index in [1.54, 1.807) is 0 Å². The molecule has 4 nitrogen and oxygen atoms in total. The van der Waals surface area contributed by atoms with Crippen LogP contribution in [0.3, 0.4) is 0 Å². The Balaban J connectivity index is 1.83. The molecule has 0 aliphatic rings. The normalized spacial score (nSPS) is 11.1. The van der Waals surface area contributed by atoms with E-state index in [4.69, 9.17) is 0 Å². The van der Waals surface area contributed by atoms with Gasteiger partial charge in [0.05, 0.1) is 11.7 Å². The van der Waals surface area contributed by atoms with E-state index < -0.39 is 0 Å². The molecule has 0 bridgehead atoms. The smallest absolute Gasteiger partial charge is 0.217 e. The third-order valence-corrected chi connectivity index (χ3v) is 4.52. The summed E-state index contributed by atoms with van der Waals surface area (Å²) in [6.07, 6.45) is 3.68. The van der Waals surface area contributed by atoms with Crippen LogP contribution in [0.5, 0.6) is 0 Å². The number of hydrogen-bond donors (Lipinski definition) is 2. The Morgan fingerprint density at radius 1 is 1.12 bits per heavy atom. The predicted molar refractivity (Wildman–Crippen MR) is 101 cm³/mol. The number of aromatic amines is 1. The van der Waals surface area contributed by atoms with Crippen molar-refractivity contribution in [3.8, 4) is 11.1 Å². The Kier molecular flexibility index (Phi) is 3.73. The van der Waals surface area contributed by atoms with Crippen LogP contribution in [0, 0.1) is 6.92 Å². The topological polar surface area (TPSA) is 57.8 Å². The Morgan fingerprint density at radius 3 is 2.84 bits per heavy atom. The average molecular weight is 329 g/mol. The summed E-state index contributed by atoms with van der Waals surface area (Å²) in [6.45, 7) is 4.20. The number of hydrogen-bond acceptors (Lipinski definition) is 2. The van der Waals surface area contributed by atoms with E-state index in [2.05, 4.69) is 46.5 Å². The molecule has 0 fully saturated rings. The van der Waals surface area contributed by atoms with Gasteiger partial charge in [0, 0.05) is 36.0 Å². The monoisotopic (exact) mass is 329 g/mol. The van der Waals surface area contributed by atoms with Crippen molar-refractivity contribution in [1.82, 2.24) is 15.3 Å². The van der Waals surface area contributed by atoms with E-state index in [1.807, 2.05) is 30.6 Å². The molecule has 0 aliphatic carbocycles. The molecule has 0 atom stereocenters. The number of aromatic nitrogens is 2. The standard InChI is InChI=1S/C21H19N3O/c1-13-8-20-19(17-6-7-22-12-21(17)24-20)10-18(13)16-5-3-4-15(9-16)11-23-14(2)25/h3-10,12,24H,11H2,1-2H3,(H,23,25). The van der Waals surface area contributed by atoms with Gasteiger partial charge in [-0.1, -0.05) is 18.2 Å². The summed E-state index contributed by atoms with van der Waals surface area (Å²) in [5.41, 5.74) is 6.84. The second-order valence-corrected chi connectivity index (χ2v) is 6.37. The summed E-state index contributed by atoms with van der Waals surface area (Å²) in [7, 11) is 0. The van der Waals surface area contributed by atoms with Crippen LogP contribution in [0.1, 0.15) is 18.1 Å². The van der Waals surface area contributed by atoms with Gasteiger partial charge in [-0.25, -0.2) is 0 Å². The first-order valence-corrected chi connectivity index (χ1v) is 8.31. The van der Waals surface area contributed by atoms with E-state index in [0.717, 1.165) is 22.2 Å². The second-order valence-electron chi connectivity index (χ2n) is 6.37. The molecule has 25 heavy (non-hydrogen) atoms. The van der Waals surface area contributed by atoms with Gasteiger partial charge in [-0.3, -0.25) is 9.78 Å². The Hall–Kier alpha value is -3.14. The molecule has 2 aromatic heterocycles. The lowest BCUT2D eigenvalue weighted by Gasteiger charge is -2.10. The first kappa shape index (κ1) is 15.4. The summed E-state index contributed by atoms with van der Waals surface area (Å²) in [5, 5.41) is 5.23. The first-order chi connectivity index (χ1) is 12.1. The van der Waals surface area contributed by atoms with Crippen molar-refractivity contribution in [2.45, 2.75) is 20.4 Å². The van der Waals surface area contributed by atoms with Gasteiger partial charge in [0.2, 0.25) is 5.91 Å². The minimum atomic E-state index is -0.0181. The Bertz CT molecular complexity index is 1090. The summed E-state index contributed by atoms with van der Waals surface area (Å²) < 4.78 is 0. The molecule has 4 rings (SSSR count). The quantitative estimate of drug-likeness (QED) is 0.588. The van der Waals surface area contributed by atoms with E-state index in [1.165, 1.54) is 28.8 Å². The molecule has 124 valence electrons. The van der Waals surface area contributed by atoms with Gasteiger partial charge in [-0.15, -0.1) is 0 Å². The van der Waals surface area contributed by atoms with E-state index in [0.29, 0.717) is 6.54 Å². The van der Waals surface area contributed by atoms with Gasteiger partial charge in [0.1, 0.15) is 0 Å². The summed E-state index contributed by atoms with van der Waals surface area (Å²) in [5.74, 6) is -0.0181. The lowest BCUT2D eigenvalue weighted by Crippen LogP contribution is -2.18. The molecule has 2 aromatic carbocycles. The number of nitrogens with one attached hydrogen (secondary N) is 2. The molecule has 4 heteroatoms. The van der Waals surface area contributed by atoms with Gasteiger partial charge in [-0.2, -0.15) is 0 Å². The third kappa shape index (κ3) is 2.87. The molecule has 1 amide bonds. The van der Waals surface area contributed by atoms with Crippen LogP contribution in [0.15, 0.2) is 54.9 Å². The maximum atomic E-state index is 11.1. The zero-order valence-electron chi connectivity index (χ0n) is 14.3. The fraction of sp³-hybridized carbons (Fsp3) is 0.143. The maximum Gasteiger partial charge on any atom is 0.217 e. The Labute approximate surface area is 145 Å². The number of carbonyl (C=O) groups is 1. The maximum absolute atomic E-state index is 11.1. The molecule has 4 aromatic rings. The van der Waals surface area contributed by atoms with Gasteiger partial charge < -0.3 is 10.3 Å². The Morgan fingerprint density at radius 2 is 2.00 bits per heavy atom. The van der Waals surface area contributed by atoms with Crippen molar-refractivity contribution >= 4 is 27.7 Å². The number of amides is 1. The van der Waals surface area contributed by atoms with Crippen molar-refractivity contribution in [2.24, 2.45) is 0 Å². The van der Waals surface area contributed by atoms with Crippen LogP contribution in [-0.4, -0.2) is 15.9 Å². The highest BCUT2D eigenvalue weighted by Gasteiger charge is 2.09. The minimum absolute atomic E-state index is 0.0181. The predicted octanol–water partition coefficient (Wildman–Crippen LogP) is 4.33. The summed E-state index contributed by atoms with van der Waals surface area (Å²) in [4.78, 5) is 18.8. The number of fused-ring (bicyclic) bond motifs is 3. The largest absolute Gasteiger partial charge is 0.353 e. The molecule has 0 radical (unpaired) electrons. The van der Waals surface area contributed by atoms with Crippen molar-refractivity contribution in [1.29, 1.82) is 0 Å². The molecule has 2 heterocycles. The van der Waals surface area contributed by atoms with Gasteiger partial charge in [0.25, 0.3) is 0 Å². The van der Waals surface area contributed by atoms with Gasteiger partial charge in [-0.05, 0) is 53.4 Å². The summed E-state index contributed by atoms with van der Waals surface area (Å²) >= 11 is 0. The zero-order chi connectivity index (χ0) is 17.4. The second kappa shape index (κ2) is 6.06. The number of carbonyl (C=O) groups excluding carboxylic acids is 1. The van der Waals surface area contributed by atoms with Crippen molar-refractivity contribution in [3.05, 3.63) is 66.0 Å². The molecule has 0 saturated heterocycles. The lowest BCUT2D eigenvalue weighted by molar-refractivity contribution is -0.119. The average Bonchev–Trinajstić information content (AvgIpc) is 2.96. The molecular formula is C21H19N3O.